The van der Waals surface area contributed by atoms with Gasteiger partial charge in [-0.05, 0) is 50.3 Å². The van der Waals surface area contributed by atoms with E-state index in [1.165, 1.54) is 32.2 Å². The van der Waals surface area contributed by atoms with Crippen LogP contribution in [0.25, 0.3) is 0 Å². The molecular formula is C15H22N4O. The fraction of sp³-hybridized carbons (Fsp3) is 0.600. The third-order valence-corrected chi connectivity index (χ3v) is 4.52. The molecule has 5 nitrogen and oxygen atoms in total. The molecule has 3 rings (SSSR count). The maximum absolute atomic E-state index is 11.2. The highest BCUT2D eigenvalue weighted by molar-refractivity contribution is 5.91. The largest absolute Gasteiger partial charge is 0.364 e. The summed E-state index contributed by atoms with van der Waals surface area (Å²) in [4.78, 5) is 17.8. The summed E-state index contributed by atoms with van der Waals surface area (Å²) < 4.78 is 0. The number of hydrogen-bond donors (Lipinski definition) is 2. The number of primary amides is 1. The average Bonchev–Trinajstić information content (AvgIpc) is 3.02. The van der Waals surface area contributed by atoms with Gasteiger partial charge in [-0.15, -0.1) is 0 Å². The van der Waals surface area contributed by atoms with Crippen molar-refractivity contribution in [3.05, 3.63) is 23.9 Å². The minimum absolute atomic E-state index is 0.349. The number of amides is 1. The third kappa shape index (κ3) is 2.77. The Labute approximate surface area is 119 Å². The molecule has 0 aromatic carbocycles. The van der Waals surface area contributed by atoms with Gasteiger partial charge >= 0.3 is 0 Å². The van der Waals surface area contributed by atoms with E-state index in [0.29, 0.717) is 11.7 Å². The molecule has 3 heterocycles. The molecule has 5 heteroatoms. The Hall–Kier alpha value is -1.62. The van der Waals surface area contributed by atoms with Gasteiger partial charge in [-0.3, -0.25) is 4.79 Å². The van der Waals surface area contributed by atoms with Crippen molar-refractivity contribution in [2.45, 2.75) is 31.7 Å². The lowest BCUT2D eigenvalue weighted by Crippen LogP contribution is -2.41. The number of nitrogens with two attached hydrogens (primary N) is 1. The van der Waals surface area contributed by atoms with Crippen LogP contribution in [0.5, 0.6) is 0 Å². The molecule has 0 saturated carbocycles. The molecule has 1 aromatic heterocycles. The molecule has 0 bridgehead atoms. The van der Waals surface area contributed by atoms with E-state index in [4.69, 9.17) is 5.73 Å². The molecule has 1 aromatic rings. The number of carbonyl (C=O) groups is 1. The first kappa shape index (κ1) is 13.4. The van der Waals surface area contributed by atoms with Crippen LogP contribution in [0.2, 0.25) is 0 Å². The minimum atomic E-state index is -0.461. The summed E-state index contributed by atoms with van der Waals surface area (Å²) in [6.45, 7) is 3.20. The van der Waals surface area contributed by atoms with E-state index in [2.05, 4.69) is 15.2 Å². The van der Waals surface area contributed by atoms with Gasteiger partial charge in [0, 0.05) is 19.1 Å². The second-order valence-electron chi connectivity index (χ2n) is 5.77. The van der Waals surface area contributed by atoms with E-state index < -0.39 is 5.91 Å². The lowest BCUT2D eigenvalue weighted by atomic mass is 9.88. The van der Waals surface area contributed by atoms with Crippen molar-refractivity contribution >= 4 is 11.7 Å². The van der Waals surface area contributed by atoms with Crippen LogP contribution >= 0.6 is 0 Å². The second kappa shape index (κ2) is 5.79. The van der Waals surface area contributed by atoms with Crippen LogP contribution in [0.1, 0.15) is 36.2 Å². The number of aromatic nitrogens is 1. The number of rotatable bonds is 3. The van der Waals surface area contributed by atoms with E-state index >= 15 is 0 Å². The van der Waals surface area contributed by atoms with E-state index in [1.54, 1.807) is 6.07 Å². The summed E-state index contributed by atoms with van der Waals surface area (Å²) >= 11 is 0. The van der Waals surface area contributed by atoms with Crippen LogP contribution in [-0.2, 0) is 0 Å². The van der Waals surface area contributed by atoms with Crippen molar-refractivity contribution in [2.24, 2.45) is 11.7 Å². The normalized spacial score (nSPS) is 24.0. The van der Waals surface area contributed by atoms with E-state index in [-0.39, 0.29) is 0 Å². The van der Waals surface area contributed by atoms with Gasteiger partial charge < -0.3 is 16.0 Å². The summed E-state index contributed by atoms with van der Waals surface area (Å²) in [5.41, 5.74) is 5.64. The molecule has 0 aliphatic carbocycles. The Kier molecular flexibility index (Phi) is 3.87. The Morgan fingerprint density at radius 2 is 2.10 bits per heavy atom. The summed E-state index contributed by atoms with van der Waals surface area (Å²) in [7, 11) is 0. The predicted octanol–water partition coefficient (Wildman–Crippen LogP) is 1.15. The fourth-order valence-electron chi connectivity index (χ4n) is 3.38. The molecule has 1 amide bonds. The van der Waals surface area contributed by atoms with Crippen molar-refractivity contribution in [1.82, 2.24) is 10.3 Å². The standard InChI is InChI=1S/C15H22N4O/c16-15(20)13-3-1-5-14(18-13)19-9-6-11(7-10-19)12-4-2-8-17-12/h1,3,5,11-12,17H,2,4,6-10H2,(H2,16,20). The van der Waals surface area contributed by atoms with Gasteiger partial charge in [0.25, 0.3) is 5.91 Å². The first-order chi connectivity index (χ1) is 9.74. The van der Waals surface area contributed by atoms with Gasteiger partial charge in [-0.25, -0.2) is 4.98 Å². The summed E-state index contributed by atoms with van der Waals surface area (Å²) in [5, 5.41) is 3.61. The number of nitrogens with one attached hydrogen (secondary N) is 1. The van der Waals surface area contributed by atoms with Gasteiger partial charge in [-0.1, -0.05) is 6.07 Å². The molecule has 20 heavy (non-hydrogen) atoms. The van der Waals surface area contributed by atoms with Gasteiger partial charge in [0.1, 0.15) is 11.5 Å². The van der Waals surface area contributed by atoms with E-state index in [0.717, 1.165) is 24.8 Å². The number of piperidine rings is 1. The zero-order chi connectivity index (χ0) is 13.9. The summed E-state index contributed by atoms with van der Waals surface area (Å²) in [6.07, 6.45) is 5.02. The zero-order valence-electron chi connectivity index (χ0n) is 11.7. The van der Waals surface area contributed by atoms with Crippen molar-refractivity contribution in [1.29, 1.82) is 0 Å². The fourth-order valence-corrected chi connectivity index (χ4v) is 3.38. The topological polar surface area (TPSA) is 71.2 Å². The molecule has 3 N–H and O–H groups in total. The quantitative estimate of drug-likeness (QED) is 0.867. The van der Waals surface area contributed by atoms with Crippen LogP contribution in [0, 0.1) is 5.92 Å². The predicted molar refractivity (Wildman–Crippen MR) is 78.7 cm³/mol. The van der Waals surface area contributed by atoms with E-state index in [9.17, 15) is 4.79 Å². The summed E-state index contributed by atoms with van der Waals surface area (Å²) in [6, 6.07) is 6.19. The Balaban J connectivity index is 1.62. The number of carbonyl (C=O) groups excluding carboxylic acids is 1. The molecule has 2 aliphatic rings. The van der Waals surface area contributed by atoms with Gasteiger partial charge in [0.05, 0.1) is 0 Å². The lowest BCUT2D eigenvalue weighted by Gasteiger charge is -2.35. The highest BCUT2D eigenvalue weighted by atomic mass is 16.1. The molecule has 2 fully saturated rings. The van der Waals surface area contributed by atoms with Crippen LogP contribution < -0.4 is 16.0 Å². The maximum atomic E-state index is 11.2. The van der Waals surface area contributed by atoms with Crippen LogP contribution in [0.4, 0.5) is 5.82 Å². The monoisotopic (exact) mass is 274 g/mol. The summed E-state index contributed by atoms with van der Waals surface area (Å²) in [5.74, 6) is 1.20. The number of nitrogens with zero attached hydrogens (tertiary/aromatic N) is 2. The second-order valence-corrected chi connectivity index (χ2v) is 5.77. The molecule has 2 aliphatic heterocycles. The Bertz CT molecular complexity index is 477. The molecule has 0 radical (unpaired) electrons. The lowest BCUT2D eigenvalue weighted by molar-refractivity contribution is 0.0995. The van der Waals surface area contributed by atoms with Crippen LogP contribution in [0.15, 0.2) is 18.2 Å². The molecular weight excluding hydrogens is 252 g/mol. The Morgan fingerprint density at radius 3 is 2.75 bits per heavy atom. The number of pyridine rings is 1. The Morgan fingerprint density at radius 1 is 1.30 bits per heavy atom. The van der Waals surface area contributed by atoms with Crippen molar-refractivity contribution < 1.29 is 4.79 Å². The van der Waals surface area contributed by atoms with Gasteiger partial charge in [-0.2, -0.15) is 0 Å². The van der Waals surface area contributed by atoms with Gasteiger partial charge in [0.15, 0.2) is 0 Å². The van der Waals surface area contributed by atoms with Crippen LogP contribution in [0.3, 0.4) is 0 Å². The number of anilines is 1. The molecule has 108 valence electrons. The first-order valence-electron chi connectivity index (χ1n) is 7.49. The van der Waals surface area contributed by atoms with Crippen molar-refractivity contribution in [3.8, 4) is 0 Å². The SMILES string of the molecule is NC(=O)c1cccc(N2CCC(C3CCCN3)CC2)n1. The van der Waals surface area contributed by atoms with Crippen LogP contribution in [-0.4, -0.2) is 36.6 Å². The van der Waals surface area contributed by atoms with Gasteiger partial charge in [0.2, 0.25) is 0 Å². The molecule has 1 atom stereocenters. The number of hydrogen-bond acceptors (Lipinski definition) is 4. The molecule has 0 spiro atoms. The molecule has 1 unspecified atom stereocenters. The maximum Gasteiger partial charge on any atom is 0.267 e. The average molecular weight is 274 g/mol. The smallest absolute Gasteiger partial charge is 0.267 e. The zero-order valence-corrected chi connectivity index (χ0v) is 11.7. The third-order valence-electron chi connectivity index (χ3n) is 4.52. The first-order valence-corrected chi connectivity index (χ1v) is 7.49. The van der Waals surface area contributed by atoms with Crippen molar-refractivity contribution in [2.75, 3.05) is 24.5 Å². The van der Waals surface area contributed by atoms with Crippen molar-refractivity contribution in [3.63, 3.8) is 0 Å². The minimum Gasteiger partial charge on any atom is -0.364 e. The highest BCUT2D eigenvalue weighted by Crippen LogP contribution is 2.27. The van der Waals surface area contributed by atoms with E-state index in [1.807, 2.05) is 12.1 Å². The highest BCUT2D eigenvalue weighted by Gasteiger charge is 2.28. The molecule has 2 saturated heterocycles.